The van der Waals surface area contributed by atoms with E-state index in [0.717, 1.165) is 71.5 Å². The Morgan fingerprint density at radius 3 is 2.75 bits per heavy atom. The molecule has 0 aromatic rings. The number of nitrogens with one attached hydrogen (secondary N) is 1. The maximum absolute atomic E-state index is 5.43. The van der Waals surface area contributed by atoms with Crippen molar-refractivity contribution in [3.8, 4) is 0 Å². The molecule has 6 nitrogen and oxygen atoms in total. The Bertz CT molecular complexity index is 300. The van der Waals surface area contributed by atoms with Gasteiger partial charge in [-0.25, -0.2) is 0 Å². The van der Waals surface area contributed by atoms with Gasteiger partial charge in [-0.05, 0) is 6.42 Å². The van der Waals surface area contributed by atoms with Crippen LogP contribution in [-0.2, 0) is 9.47 Å². The average molecular weight is 284 g/mol. The summed E-state index contributed by atoms with van der Waals surface area (Å²) in [4.78, 5) is 8.99. The quantitative estimate of drug-likeness (QED) is 0.563. The first-order valence-electron chi connectivity index (χ1n) is 7.59. The van der Waals surface area contributed by atoms with Crippen LogP contribution in [0.4, 0.5) is 0 Å². The normalized spacial score (nSPS) is 24.9. The van der Waals surface area contributed by atoms with E-state index in [1.807, 2.05) is 7.05 Å². The fraction of sp³-hybridized carbons (Fsp3) is 0.929. The number of hydrogen-bond donors (Lipinski definition) is 1. The van der Waals surface area contributed by atoms with Crippen molar-refractivity contribution in [1.29, 1.82) is 0 Å². The molecule has 2 rings (SSSR count). The van der Waals surface area contributed by atoms with Gasteiger partial charge in [-0.15, -0.1) is 0 Å². The van der Waals surface area contributed by atoms with Crippen LogP contribution in [0.1, 0.15) is 6.42 Å². The zero-order valence-electron chi connectivity index (χ0n) is 12.8. The third-order valence-corrected chi connectivity index (χ3v) is 3.94. The number of morpholine rings is 1. The largest absolute Gasteiger partial charge is 0.381 e. The lowest BCUT2D eigenvalue weighted by atomic mass is 10.1. The molecule has 2 saturated heterocycles. The van der Waals surface area contributed by atoms with E-state index in [-0.39, 0.29) is 0 Å². The molecule has 6 heteroatoms. The van der Waals surface area contributed by atoms with Crippen molar-refractivity contribution in [2.45, 2.75) is 6.42 Å². The van der Waals surface area contributed by atoms with Gasteiger partial charge >= 0.3 is 0 Å². The average Bonchev–Trinajstić information content (AvgIpc) is 2.97. The van der Waals surface area contributed by atoms with Crippen LogP contribution in [0.2, 0.25) is 0 Å². The van der Waals surface area contributed by atoms with Crippen LogP contribution < -0.4 is 5.32 Å². The second-order valence-corrected chi connectivity index (χ2v) is 5.54. The van der Waals surface area contributed by atoms with Crippen LogP contribution in [-0.4, -0.2) is 89.0 Å². The Hall–Kier alpha value is -0.850. The molecule has 2 aliphatic heterocycles. The van der Waals surface area contributed by atoms with Crippen LogP contribution in [0.25, 0.3) is 0 Å². The minimum atomic E-state index is 0.637. The summed E-state index contributed by atoms with van der Waals surface area (Å²) in [6.45, 7) is 8.56. The van der Waals surface area contributed by atoms with Crippen molar-refractivity contribution in [2.75, 3.05) is 73.2 Å². The van der Waals surface area contributed by atoms with Crippen molar-refractivity contribution in [3.05, 3.63) is 0 Å². The van der Waals surface area contributed by atoms with E-state index in [1.54, 1.807) is 0 Å². The van der Waals surface area contributed by atoms with E-state index in [2.05, 4.69) is 27.2 Å². The molecular weight excluding hydrogens is 256 g/mol. The minimum Gasteiger partial charge on any atom is -0.381 e. The first kappa shape index (κ1) is 15.5. The molecule has 1 N–H and O–H groups in total. The summed E-state index contributed by atoms with van der Waals surface area (Å²) >= 11 is 0. The minimum absolute atomic E-state index is 0.637. The summed E-state index contributed by atoms with van der Waals surface area (Å²) in [6.07, 6.45) is 1.16. The molecule has 0 amide bonds. The van der Waals surface area contributed by atoms with E-state index in [9.17, 15) is 0 Å². The molecule has 116 valence electrons. The van der Waals surface area contributed by atoms with Gasteiger partial charge in [-0.1, -0.05) is 0 Å². The SMILES string of the molecule is CN=C(NCCN1CCOCC1)N(C)CC1CCOC1. The van der Waals surface area contributed by atoms with Gasteiger partial charge < -0.3 is 19.7 Å². The van der Waals surface area contributed by atoms with Crippen molar-refractivity contribution in [2.24, 2.45) is 10.9 Å². The molecule has 0 spiro atoms. The van der Waals surface area contributed by atoms with E-state index in [1.165, 1.54) is 0 Å². The lowest BCUT2D eigenvalue weighted by Crippen LogP contribution is -2.46. The second kappa shape index (κ2) is 8.44. The van der Waals surface area contributed by atoms with E-state index in [0.29, 0.717) is 5.92 Å². The van der Waals surface area contributed by atoms with Crippen LogP contribution in [0, 0.1) is 5.92 Å². The number of guanidine groups is 1. The Balaban J connectivity index is 1.65. The van der Waals surface area contributed by atoms with Gasteiger partial charge in [0.1, 0.15) is 0 Å². The van der Waals surface area contributed by atoms with Crippen LogP contribution in [0.15, 0.2) is 4.99 Å². The Kier molecular flexibility index (Phi) is 6.56. The van der Waals surface area contributed by atoms with Crippen molar-refractivity contribution in [1.82, 2.24) is 15.1 Å². The van der Waals surface area contributed by atoms with Crippen molar-refractivity contribution in [3.63, 3.8) is 0 Å². The highest BCUT2D eigenvalue weighted by Crippen LogP contribution is 2.13. The molecule has 2 fully saturated rings. The third-order valence-electron chi connectivity index (χ3n) is 3.94. The fourth-order valence-corrected chi connectivity index (χ4v) is 2.74. The van der Waals surface area contributed by atoms with Gasteiger partial charge in [0.05, 0.1) is 19.8 Å². The summed E-state index contributed by atoms with van der Waals surface area (Å²) in [5, 5.41) is 3.44. The number of hydrogen-bond acceptors (Lipinski definition) is 4. The Labute approximate surface area is 122 Å². The first-order valence-corrected chi connectivity index (χ1v) is 7.59. The highest BCUT2D eigenvalue weighted by atomic mass is 16.5. The van der Waals surface area contributed by atoms with Crippen molar-refractivity contribution < 1.29 is 9.47 Å². The summed E-state index contributed by atoms with van der Waals surface area (Å²) in [6, 6.07) is 0. The summed E-state index contributed by atoms with van der Waals surface area (Å²) < 4.78 is 10.8. The lowest BCUT2D eigenvalue weighted by molar-refractivity contribution is 0.0388. The van der Waals surface area contributed by atoms with Crippen molar-refractivity contribution >= 4 is 5.96 Å². The maximum Gasteiger partial charge on any atom is 0.193 e. The van der Waals surface area contributed by atoms with E-state index < -0.39 is 0 Å². The van der Waals surface area contributed by atoms with E-state index in [4.69, 9.17) is 9.47 Å². The highest BCUT2D eigenvalue weighted by molar-refractivity contribution is 5.79. The molecule has 1 unspecified atom stereocenters. The van der Waals surface area contributed by atoms with E-state index >= 15 is 0 Å². The molecule has 0 saturated carbocycles. The lowest BCUT2D eigenvalue weighted by Gasteiger charge is -2.28. The van der Waals surface area contributed by atoms with Gasteiger partial charge in [0, 0.05) is 59.3 Å². The van der Waals surface area contributed by atoms with Gasteiger partial charge in [0.25, 0.3) is 0 Å². The maximum atomic E-state index is 5.43. The molecule has 1 atom stereocenters. The fourth-order valence-electron chi connectivity index (χ4n) is 2.74. The summed E-state index contributed by atoms with van der Waals surface area (Å²) in [5.74, 6) is 1.61. The smallest absolute Gasteiger partial charge is 0.193 e. The Morgan fingerprint density at radius 1 is 1.30 bits per heavy atom. The predicted molar refractivity (Wildman–Crippen MR) is 80.2 cm³/mol. The zero-order chi connectivity index (χ0) is 14.2. The molecule has 0 bridgehead atoms. The first-order chi connectivity index (χ1) is 9.79. The van der Waals surface area contributed by atoms with Gasteiger partial charge in [-0.3, -0.25) is 9.89 Å². The molecule has 0 aromatic carbocycles. The van der Waals surface area contributed by atoms with Gasteiger partial charge in [0.2, 0.25) is 0 Å². The van der Waals surface area contributed by atoms with Crippen LogP contribution in [0.5, 0.6) is 0 Å². The molecule has 2 aliphatic rings. The topological polar surface area (TPSA) is 49.3 Å². The predicted octanol–water partition coefficient (Wildman–Crippen LogP) is -0.138. The summed E-state index contributed by atoms with van der Waals surface area (Å²) in [5.41, 5.74) is 0. The van der Waals surface area contributed by atoms with Gasteiger partial charge in [-0.2, -0.15) is 0 Å². The number of rotatable bonds is 5. The molecule has 0 aliphatic carbocycles. The molecule has 2 heterocycles. The standard InChI is InChI=1S/C14H28N4O2/c1-15-14(17(2)11-13-3-8-20-12-13)16-4-5-18-6-9-19-10-7-18/h13H,3-12H2,1-2H3,(H,15,16). The van der Waals surface area contributed by atoms with Crippen LogP contribution >= 0.6 is 0 Å². The summed E-state index contributed by atoms with van der Waals surface area (Å²) in [7, 11) is 3.95. The number of ether oxygens (including phenoxy) is 2. The highest BCUT2D eigenvalue weighted by Gasteiger charge is 2.19. The molecule has 0 radical (unpaired) electrons. The molecule has 0 aromatic heterocycles. The van der Waals surface area contributed by atoms with Gasteiger partial charge in [0.15, 0.2) is 5.96 Å². The molecular formula is C14H28N4O2. The zero-order valence-corrected chi connectivity index (χ0v) is 12.8. The monoisotopic (exact) mass is 284 g/mol. The number of aliphatic imine (C=N–C) groups is 1. The second-order valence-electron chi connectivity index (χ2n) is 5.54. The van der Waals surface area contributed by atoms with Crippen LogP contribution in [0.3, 0.4) is 0 Å². The molecule has 20 heavy (non-hydrogen) atoms. The number of nitrogens with zero attached hydrogens (tertiary/aromatic N) is 3. The Morgan fingerprint density at radius 2 is 2.10 bits per heavy atom. The third kappa shape index (κ3) is 4.92.